The number of aromatic nitrogens is 1. The topological polar surface area (TPSA) is 81.1 Å². The van der Waals surface area contributed by atoms with Gasteiger partial charge < -0.3 is 20.2 Å². The molecule has 1 unspecified atom stereocenters. The Hall–Kier alpha value is -1.74. The zero-order valence-electron chi connectivity index (χ0n) is 19.7. The van der Waals surface area contributed by atoms with E-state index in [0.717, 1.165) is 87.2 Å². The molecule has 1 aromatic rings. The van der Waals surface area contributed by atoms with Crippen molar-refractivity contribution in [2.45, 2.75) is 80.2 Å². The van der Waals surface area contributed by atoms with Crippen molar-refractivity contribution in [1.82, 2.24) is 20.1 Å². The number of nitrogens with one attached hydrogen (secondary N) is 1. The molecule has 3 aliphatic rings. The van der Waals surface area contributed by atoms with Crippen LogP contribution in [-0.2, 0) is 11.2 Å². The number of piperidine rings is 1. The molecule has 9 heteroatoms. The third-order valence-electron chi connectivity index (χ3n) is 6.84. The minimum absolute atomic E-state index is 0.681. The van der Waals surface area contributed by atoms with Crippen LogP contribution >= 0.6 is 23.1 Å². The molecule has 0 radical (unpaired) electrons. The van der Waals surface area contributed by atoms with Gasteiger partial charge in [0.1, 0.15) is 4.75 Å². The Morgan fingerprint density at radius 2 is 1.73 bits per heavy atom. The summed E-state index contributed by atoms with van der Waals surface area (Å²) < 4.78 is 0.0547. The van der Waals surface area contributed by atoms with Gasteiger partial charge in [0, 0.05) is 44.2 Å². The lowest BCUT2D eigenvalue weighted by atomic mass is 10.0. The van der Waals surface area contributed by atoms with E-state index in [4.69, 9.17) is 9.98 Å². The first kappa shape index (κ1) is 24.4. The third-order valence-corrected chi connectivity index (χ3v) is 9.15. The van der Waals surface area contributed by atoms with E-state index in [-0.39, 0.29) is 0 Å². The molecule has 1 aromatic heterocycles. The molecule has 0 amide bonds. The monoisotopic (exact) mass is 491 g/mol. The van der Waals surface area contributed by atoms with Crippen molar-refractivity contribution in [1.29, 1.82) is 0 Å². The first-order valence-electron chi connectivity index (χ1n) is 12.4. The van der Waals surface area contributed by atoms with Crippen LogP contribution in [0.25, 0.3) is 0 Å². The molecule has 7 nitrogen and oxygen atoms in total. The van der Waals surface area contributed by atoms with Crippen LogP contribution in [0.2, 0.25) is 0 Å². The second-order valence-electron chi connectivity index (χ2n) is 9.47. The molecule has 1 saturated heterocycles. The van der Waals surface area contributed by atoms with Crippen LogP contribution < -0.4 is 5.32 Å². The summed E-state index contributed by atoms with van der Waals surface area (Å²) in [6.07, 6.45) is 13.0. The van der Waals surface area contributed by atoms with Crippen molar-refractivity contribution >= 4 is 35.0 Å². The minimum atomic E-state index is -0.805. The van der Waals surface area contributed by atoms with Gasteiger partial charge in [-0.1, -0.05) is 37.4 Å². The van der Waals surface area contributed by atoms with E-state index >= 15 is 0 Å². The van der Waals surface area contributed by atoms with E-state index in [1.54, 1.807) is 11.3 Å². The molecule has 1 atom stereocenters. The minimum Gasteiger partial charge on any atom is -0.480 e. The van der Waals surface area contributed by atoms with Gasteiger partial charge in [-0.05, 0) is 39.0 Å². The van der Waals surface area contributed by atoms with Gasteiger partial charge in [-0.25, -0.2) is 9.98 Å². The van der Waals surface area contributed by atoms with E-state index in [1.807, 2.05) is 6.92 Å². The van der Waals surface area contributed by atoms with E-state index in [1.165, 1.54) is 36.7 Å². The highest BCUT2D eigenvalue weighted by Gasteiger charge is 2.35. The lowest BCUT2D eigenvalue weighted by molar-refractivity contribution is -0.139. The van der Waals surface area contributed by atoms with Crippen molar-refractivity contribution < 1.29 is 9.90 Å². The average molecular weight is 492 g/mol. The van der Waals surface area contributed by atoms with Gasteiger partial charge in [0.05, 0.1) is 17.9 Å². The highest BCUT2D eigenvalue weighted by atomic mass is 32.2. The number of hydrogen-bond donors (Lipinski definition) is 2. The zero-order valence-corrected chi connectivity index (χ0v) is 21.4. The number of carboxylic acids is 1. The number of rotatable bonds is 2. The summed E-state index contributed by atoms with van der Waals surface area (Å²) in [5, 5.41) is 15.4. The number of guanidine groups is 1. The van der Waals surface area contributed by atoms with E-state index in [0.29, 0.717) is 6.42 Å². The first-order valence-corrected chi connectivity index (χ1v) is 14.1. The van der Waals surface area contributed by atoms with Crippen LogP contribution in [0, 0.1) is 0 Å². The highest BCUT2D eigenvalue weighted by molar-refractivity contribution is 8.03. The number of nitrogens with zero attached hydrogens (tertiary/aromatic N) is 4. The molecule has 182 valence electrons. The van der Waals surface area contributed by atoms with E-state index in [2.05, 4.69) is 26.7 Å². The van der Waals surface area contributed by atoms with Gasteiger partial charge in [0.25, 0.3) is 0 Å². The van der Waals surface area contributed by atoms with Crippen molar-refractivity contribution in [2.24, 2.45) is 4.99 Å². The maximum atomic E-state index is 12.0. The highest BCUT2D eigenvalue weighted by Crippen LogP contribution is 2.39. The summed E-state index contributed by atoms with van der Waals surface area (Å²) >= 11 is 2.98. The molecule has 2 bridgehead atoms. The fourth-order valence-corrected chi connectivity index (χ4v) is 7.02. The van der Waals surface area contributed by atoms with E-state index < -0.39 is 10.7 Å². The number of carboxylic acid groups (broad SMARTS) is 1. The van der Waals surface area contributed by atoms with Gasteiger partial charge in [-0.3, -0.25) is 4.79 Å². The Bertz CT molecular complexity index is 865. The number of hydrogen-bond acceptors (Lipinski definition) is 8. The largest absolute Gasteiger partial charge is 0.480 e. The van der Waals surface area contributed by atoms with Crippen molar-refractivity contribution in [3.63, 3.8) is 0 Å². The number of aliphatic imine (C=N–C) groups is 1. The number of thioether (sulfide) groups is 1. The average Bonchev–Trinajstić information content (AvgIpc) is 3.27. The maximum Gasteiger partial charge on any atom is 0.319 e. The fourth-order valence-electron chi connectivity index (χ4n) is 4.67. The summed E-state index contributed by atoms with van der Waals surface area (Å²) in [5.74, 6) is 0.237. The molecule has 0 aliphatic carbocycles. The van der Waals surface area contributed by atoms with Crippen LogP contribution in [0.3, 0.4) is 0 Å². The molecule has 0 spiro atoms. The summed E-state index contributed by atoms with van der Waals surface area (Å²) in [7, 11) is 0. The standard InChI is InChI=1S/C24H37N5O2S2/c1-24(21(30)31)11-6-3-2-4-7-14-29(15-10-19-18-32-23(27-19)33-24)22-25-16-20(17-26-22)28-12-8-5-9-13-28/h16,18H,2-15,17H2,1H3,(H,25,26)(H,30,31). The second-order valence-corrected chi connectivity index (χ2v) is 12.1. The normalized spacial score (nSPS) is 25.8. The molecule has 2 N–H and O–H groups in total. The predicted molar refractivity (Wildman–Crippen MR) is 136 cm³/mol. The lowest BCUT2D eigenvalue weighted by Crippen LogP contribution is -2.44. The maximum absolute atomic E-state index is 12.0. The van der Waals surface area contributed by atoms with Crippen molar-refractivity contribution in [3.05, 3.63) is 23.0 Å². The quantitative estimate of drug-likeness (QED) is 0.627. The second kappa shape index (κ2) is 11.6. The Morgan fingerprint density at radius 1 is 1.03 bits per heavy atom. The number of likely N-dealkylation sites (tertiary alicyclic amines) is 1. The van der Waals surface area contributed by atoms with Crippen molar-refractivity contribution in [2.75, 3.05) is 32.7 Å². The summed E-state index contributed by atoms with van der Waals surface area (Å²) in [5.41, 5.74) is 2.34. The number of fused-ring (bicyclic) bond motifs is 2. The van der Waals surface area contributed by atoms with Gasteiger partial charge in [-0.2, -0.15) is 0 Å². The number of aliphatic carboxylic acids is 1. The van der Waals surface area contributed by atoms with Gasteiger partial charge in [0.2, 0.25) is 0 Å². The third kappa shape index (κ3) is 6.66. The fraction of sp³-hybridized carbons (Fsp3) is 0.708. The Balaban J connectivity index is 1.41. The van der Waals surface area contributed by atoms with Gasteiger partial charge >= 0.3 is 5.97 Å². The molecule has 0 aromatic carbocycles. The first-order chi connectivity index (χ1) is 16.0. The van der Waals surface area contributed by atoms with Crippen LogP contribution in [0.4, 0.5) is 0 Å². The Morgan fingerprint density at radius 3 is 2.45 bits per heavy atom. The molecule has 4 heterocycles. The lowest BCUT2D eigenvalue weighted by Gasteiger charge is -2.34. The molecule has 4 rings (SSSR count). The van der Waals surface area contributed by atoms with Crippen molar-refractivity contribution in [3.8, 4) is 0 Å². The van der Waals surface area contributed by atoms with Crippen LogP contribution in [0.5, 0.6) is 0 Å². The van der Waals surface area contributed by atoms with Crippen LogP contribution in [0.15, 0.2) is 26.6 Å². The molecule has 0 saturated carbocycles. The van der Waals surface area contributed by atoms with Gasteiger partial charge in [-0.15, -0.1) is 11.3 Å². The number of carbonyl (C=O) groups is 1. The van der Waals surface area contributed by atoms with Crippen LogP contribution in [-0.4, -0.2) is 69.3 Å². The number of thiazole rings is 1. The molecular weight excluding hydrogens is 454 g/mol. The SMILES string of the molecule is CC1(C(=O)O)CCCCCCCN(C2=NCC(N3CCCCC3)=CN2)CCc2csc(n2)S1. The summed E-state index contributed by atoms with van der Waals surface area (Å²) in [4.78, 5) is 26.5. The molecule has 33 heavy (non-hydrogen) atoms. The van der Waals surface area contributed by atoms with Gasteiger partial charge in [0.15, 0.2) is 10.3 Å². The molecule has 1 fully saturated rings. The zero-order chi connectivity index (χ0) is 23.1. The predicted octanol–water partition coefficient (Wildman–Crippen LogP) is 4.56. The summed E-state index contributed by atoms with van der Waals surface area (Å²) in [6.45, 7) is 6.74. The summed E-state index contributed by atoms with van der Waals surface area (Å²) in [6, 6.07) is 0. The molecule has 3 aliphatic heterocycles. The smallest absolute Gasteiger partial charge is 0.319 e. The van der Waals surface area contributed by atoms with E-state index in [9.17, 15) is 9.90 Å². The Labute approximate surface area is 205 Å². The van der Waals surface area contributed by atoms with Crippen LogP contribution in [0.1, 0.15) is 70.4 Å². The Kier molecular flexibility index (Phi) is 8.57. The molecular formula is C24H37N5O2S2.